The Balaban J connectivity index is 1.48. The van der Waals surface area contributed by atoms with Crippen molar-refractivity contribution in [2.75, 3.05) is 25.0 Å². The Labute approximate surface area is 231 Å². The van der Waals surface area contributed by atoms with E-state index in [9.17, 15) is 28.7 Å². The van der Waals surface area contributed by atoms with Gasteiger partial charge in [0.15, 0.2) is 0 Å². The molecule has 4 rings (SSSR count). The summed E-state index contributed by atoms with van der Waals surface area (Å²) in [5, 5.41) is 19.6. The summed E-state index contributed by atoms with van der Waals surface area (Å²) in [4.78, 5) is 54.0. The van der Waals surface area contributed by atoms with Gasteiger partial charge in [-0.1, -0.05) is 0 Å². The Morgan fingerprint density at radius 3 is 2.35 bits per heavy atom. The Morgan fingerprint density at radius 2 is 1.77 bits per heavy atom. The number of ketones is 1. The predicted octanol–water partition coefficient (Wildman–Crippen LogP) is 2.04. The van der Waals surface area contributed by atoms with Gasteiger partial charge in [-0.05, 0) is 62.9 Å². The maximum Gasteiger partial charge on any atom is 0.294 e. The van der Waals surface area contributed by atoms with Gasteiger partial charge in [-0.3, -0.25) is 23.9 Å². The lowest BCUT2D eigenvalue weighted by Crippen LogP contribution is -2.59. The normalized spacial score (nSPS) is 14.6. The monoisotopic (exact) mass is 552 g/mol. The van der Waals surface area contributed by atoms with E-state index in [-0.39, 0.29) is 43.1 Å². The highest BCUT2D eigenvalue weighted by molar-refractivity contribution is 6.43. The number of carbonyl (C=O) groups excluding carboxylic acids is 4. The van der Waals surface area contributed by atoms with Crippen LogP contribution in [0.15, 0.2) is 30.6 Å². The van der Waals surface area contributed by atoms with Crippen LogP contribution in [0.25, 0.3) is 0 Å². The first-order chi connectivity index (χ1) is 18.9. The topological polar surface area (TPSA) is 139 Å². The number of amides is 3. The highest BCUT2D eigenvalue weighted by Crippen LogP contribution is 2.26. The number of rotatable bonds is 7. The molecule has 2 aromatic heterocycles. The molecule has 1 aliphatic rings. The first-order valence-electron chi connectivity index (χ1n) is 12.9. The van der Waals surface area contributed by atoms with E-state index >= 15 is 0 Å². The Morgan fingerprint density at radius 1 is 1.10 bits per heavy atom. The molecular formula is C28H33FN6O5. The van der Waals surface area contributed by atoms with Crippen LogP contribution in [0.2, 0.25) is 0 Å². The average molecular weight is 553 g/mol. The van der Waals surface area contributed by atoms with E-state index in [2.05, 4.69) is 15.7 Å². The van der Waals surface area contributed by atoms with Gasteiger partial charge in [0.25, 0.3) is 23.5 Å². The van der Waals surface area contributed by atoms with Gasteiger partial charge < -0.3 is 25.2 Å². The van der Waals surface area contributed by atoms with Crippen LogP contribution in [-0.4, -0.2) is 73.1 Å². The third-order valence-corrected chi connectivity index (χ3v) is 7.64. The van der Waals surface area contributed by atoms with Crippen molar-refractivity contribution in [2.24, 2.45) is 14.1 Å². The lowest BCUT2D eigenvalue weighted by Gasteiger charge is -2.41. The molecule has 1 aliphatic heterocycles. The molecule has 0 spiro atoms. The van der Waals surface area contributed by atoms with Crippen LogP contribution in [0.5, 0.6) is 0 Å². The predicted molar refractivity (Wildman–Crippen MR) is 145 cm³/mol. The second-order valence-corrected chi connectivity index (χ2v) is 10.3. The third-order valence-electron chi connectivity index (χ3n) is 7.64. The van der Waals surface area contributed by atoms with E-state index in [1.807, 2.05) is 0 Å². The van der Waals surface area contributed by atoms with E-state index in [1.54, 1.807) is 46.0 Å². The first kappa shape index (κ1) is 28.7. The zero-order valence-corrected chi connectivity index (χ0v) is 23.2. The minimum atomic E-state index is -1.08. The van der Waals surface area contributed by atoms with Gasteiger partial charge in [-0.15, -0.1) is 0 Å². The number of nitrogens with one attached hydrogen (secondary N) is 2. The van der Waals surface area contributed by atoms with Crippen LogP contribution >= 0.6 is 0 Å². The molecular weight excluding hydrogens is 519 g/mol. The van der Waals surface area contributed by atoms with Crippen molar-refractivity contribution >= 4 is 29.2 Å². The smallest absolute Gasteiger partial charge is 0.294 e. The van der Waals surface area contributed by atoms with Gasteiger partial charge in [-0.25, -0.2) is 4.39 Å². The van der Waals surface area contributed by atoms with Crippen LogP contribution in [0.1, 0.15) is 60.9 Å². The second-order valence-electron chi connectivity index (χ2n) is 10.3. The molecule has 0 bridgehead atoms. The lowest BCUT2D eigenvalue weighted by atomic mass is 9.87. The van der Waals surface area contributed by atoms with E-state index < -0.39 is 35.6 Å². The van der Waals surface area contributed by atoms with Gasteiger partial charge in [0.2, 0.25) is 0 Å². The van der Waals surface area contributed by atoms with Crippen LogP contribution in [0, 0.1) is 26.6 Å². The van der Waals surface area contributed by atoms with E-state index in [0.717, 1.165) is 0 Å². The van der Waals surface area contributed by atoms with Crippen molar-refractivity contribution in [1.29, 1.82) is 0 Å². The number of likely N-dealkylation sites (tertiary alicyclic amines) is 1. The fraction of sp³-hybridized carbons (Fsp3) is 0.393. The summed E-state index contributed by atoms with van der Waals surface area (Å²) in [7, 11) is 3.31. The molecule has 1 aromatic carbocycles. The summed E-state index contributed by atoms with van der Waals surface area (Å²) in [6.07, 6.45) is 3.61. The van der Waals surface area contributed by atoms with Crippen LogP contribution in [0.4, 0.5) is 10.1 Å². The zero-order chi connectivity index (χ0) is 29.4. The molecule has 1 fully saturated rings. The highest BCUT2D eigenvalue weighted by atomic mass is 19.1. The van der Waals surface area contributed by atoms with Crippen molar-refractivity contribution in [1.82, 2.24) is 24.6 Å². The number of carbonyl (C=O) groups is 4. The molecule has 212 valence electrons. The van der Waals surface area contributed by atoms with E-state index in [0.29, 0.717) is 28.1 Å². The number of benzene rings is 1. The molecule has 11 nitrogen and oxygen atoms in total. The van der Waals surface area contributed by atoms with Crippen molar-refractivity contribution in [3.8, 4) is 0 Å². The molecule has 0 atom stereocenters. The Hall–Kier alpha value is -4.32. The van der Waals surface area contributed by atoms with E-state index in [1.165, 1.54) is 33.6 Å². The van der Waals surface area contributed by atoms with Gasteiger partial charge in [-0.2, -0.15) is 5.10 Å². The minimum Gasteiger partial charge on any atom is -0.394 e. The first-order valence-corrected chi connectivity index (χ1v) is 12.9. The fourth-order valence-corrected chi connectivity index (χ4v) is 5.13. The summed E-state index contributed by atoms with van der Waals surface area (Å²) in [5.74, 6) is -2.84. The second kappa shape index (κ2) is 11.0. The number of hydrogen-bond donors (Lipinski definition) is 3. The molecule has 0 saturated carbocycles. The average Bonchev–Trinajstić information content (AvgIpc) is 3.45. The van der Waals surface area contributed by atoms with Crippen molar-refractivity contribution in [2.45, 2.75) is 39.2 Å². The SMILES string of the molecule is Cc1cc(NC(=O)c2c(C)c(C(=O)C(=O)NC3(CO)CCN(C(=O)c4cnn(C)c4)CC3)n(C)c2C)ccc1F. The summed E-state index contributed by atoms with van der Waals surface area (Å²) < 4.78 is 16.7. The maximum atomic E-state index is 13.6. The van der Waals surface area contributed by atoms with E-state index in [4.69, 9.17) is 0 Å². The van der Waals surface area contributed by atoms with Crippen molar-refractivity contribution < 1.29 is 28.7 Å². The number of halogens is 1. The van der Waals surface area contributed by atoms with Crippen LogP contribution in [-0.2, 0) is 18.9 Å². The molecule has 0 unspecified atom stereocenters. The Bertz CT molecular complexity index is 1500. The molecule has 0 radical (unpaired) electrons. The molecule has 12 heteroatoms. The number of aryl methyl sites for hydroxylation is 2. The number of Topliss-reactive ketones (excluding diaryl/α,β-unsaturated/α-hetero) is 1. The molecule has 3 aromatic rings. The molecule has 3 heterocycles. The summed E-state index contributed by atoms with van der Waals surface area (Å²) in [6, 6.07) is 4.20. The highest BCUT2D eigenvalue weighted by Gasteiger charge is 2.39. The number of hydrogen-bond acceptors (Lipinski definition) is 6. The lowest BCUT2D eigenvalue weighted by molar-refractivity contribution is -0.120. The number of piperidine rings is 1. The zero-order valence-electron chi connectivity index (χ0n) is 23.2. The molecule has 0 aliphatic carbocycles. The number of aliphatic hydroxyl groups excluding tert-OH is 1. The molecule has 1 saturated heterocycles. The van der Waals surface area contributed by atoms with Gasteiger partial charge in [0.1, 0.15) is 5.82 Å². The van der Waals surface area contributed by atoms with Gasteiger partial charge in [0.05, 0.1) is 35.2 Å². The van der Waals surface area contributed by atoms with Crippen LogP contribution < -0.4 is 10.6 Å². The summed E-state index contributed by atoms with van der Waals surface area (Å²) in [6.45, 7) is 4.98. The molecule has 3 amide bonds. The number of aliphatic hydroxyl groups is 1. The Kier molecular flexibility index (Phi) is 7.92. The van der Waals surface area contributed by atoms with Gasteiger partial charge in [0, 0.05) is 44.8 Å². The quantitative estimate of drug-likeness (QED) is 0.303. The van der Waals surface area contributed by atoms with Crippen LogP contribution in [0.3, 0.4) is 0 Å². The summed E-state index contributed by atoms with van der Waals surface area (Å²) in [5.41, 5.74) is 1.23. The minimum absolute atomic E-state index is 0.0488. The number of aromatic nitrogens is 3. The van der Waals surface area contributed by atoms with Gasteiger partial charge >= 0.3 is 0 Å². The van der Waals surface area contributed by atoms with Crippen molar-refractivity contribution in [3.05, 3.63) is 70.1 Å². The number of anilines is 1. The third kappa shape index (κ3) is 5.39. The summed E-state index contributed by atoms with van der Waals surface area (Å²) >= 11 is 0. The molecule has 40 heavy (non-hydrogen) atoms. The van der Waals surface area contributed by atoms with Crippen molar-refractivity contribution in [3.63, 3.8) is 0 Å². The fourth-order valence-electron chi connectivity index (χ4n) is 5.13. The maximum absolute atomic E-state index is 13.6. The number of nitrogens with zero attached hydrogens (tertiary/aromatic N) is 4. The standard InChI is InChI=1S/C28H33FN6O5/c1-16-12-20(6-7-21(16)29)31-25(38)22-17(2)23(34(5)18(22)3)24(37)26(39)32-28(15-36)8-10-35(11-9-28)27(40)19-13-30-33(4)14-19/h6-7,12-14,36H,8-11,15H2,1-5H3,(H,31,38)(H,32,39). The molecule has 3 N–H and O–H groups in total. The largest absolute Gasteiger partial charge is 0.394 e.